The summed E-state index contributed by atoms with van der Waals surface area (Å²) in [6.07, 6.45) is -1.35. The first kappa shape index (κ1) is 19.7. The van der Waals surface area contributed by atoms with Crippen molar-refractivity contribution < 1.29 is 23.0 Å². The fourth-order valence-corrected chi connectivity index (χ4v) is 2.93. The summed E-state index contributed by atoms with van der Waals surface area (Å²) in [5.41, 5.74) is -2.65. The van der Waals surface area contributed by atoms with E-state index >= 15 is 0 Å². The van der Waals surface area contributed by atoms with Crippen molar-refractivity contribution in [1.29, 1.82) is 0 Å². The lowest BCUT2D eigenvalue weighted by Crippen LogP contribution is -2.54. The average Bonchev–Trinajstić information content (AvgIpc) is 2.63. The van der Waals surface area contributed by atoms with E-state index in [1.54, 1.807) is 0 Å². The van der Waals surface area contributed by atoms with Crippen molar-refractivity contribution in [2.75, 3.05) is 11.4 Å². The second-order valence-electron chi connectivity index (χ2n) is 5.94. The van der Waals surface area contributed by atoms with Gasteiger partial charge in [0.25, 0.3) is 0 Å². The summed E-state index contributed by atoms with van der Waals surface area (Å²) < 4.78 is 49.0. The Morgan fingerprint density at radius 1 is 1.25 bits per heavy atom. The van der Waals surface area contributed by atoms with Gasteiger partial charge in [0.2, 0.25) is 6.23 Å². The highest BCUT2D eigenvalue weighted by molar-refractivity contribution is 7.71. The van der Waals surface area contributed by atoms with Gasteiger partial charge in [0.1, 0.15) is 0 Å². The number of hydrogen-bond donors (Lipinski definition) is 1. The van der Waals surface area contributed by atoms with Gasteiger partial charge in [-0.15, -0.1) is 6.42 Å². The second-order valence-corrected chi connectivity index (χ2v) is 6.31. The number of rotatable bonds is 2. The van der Waals surface area contributed by atoms with Gasteiger partial charge >= 0.3 is 17.5 Å². The zero-order valence-electron chi connectivity index (χ0n) is 14.5. The molecule has 8 nitrogen and oxygen atoms in total. The highest BCUT2D eigenvalue weighted by Crippen LogP contribution is 2.42. The molecule has 1 aliphatic heterocycles. The normalized spacial score (nSPS) is 17.6. The Hall–Kier alpha value is -3.04. The third-order valence-corrected chi connectivity index (χ3v) is 4.76. The maximum absolute atomic E-state index is 14.7. The topological polar surface area (TPSA) is 81.6 Å². The molecule has 2 aromatic rings. The van der Waals surface area contributed by atoms with Gasteiger partial charge in [-0.05, 0) is 18.3 Å². The molecule has 28 heavy (non-hydrogen) atoms. The number of benzene rings is 1. The SMILES string of the molecule is C#CCN1c2cc(-n3c(=O)n(C)c(=S)n(C)c3=O)c(F)cc2OC(F)(F)C1O. The van der Waals surface area contributed by atoms with Gasteiger partial charge in [-0.3, -0.25) is 9.13 Å². The standard InChI is InChI=1S/C16H13F3N4O4S/c1-4-5-22-10-7-9(8(17)6-11(10)27-16(18,19)12(22)24)23-13(25)20(2)15(28)21(3)14(23)26/h1,6-7,12,24H,5H2,2-3H3. The average molecular weight is 414 g/mol. The first-order valence-electron chi connectivity index (χ1n) is 7.69. The van der Waals surface area contributed by atoms with Crippen LogP contribution in [-0.4, -0.2) is 37.7 Å². The van der Waals surface area contributed by atoms with E-state index in [2.05, 4.69) is 10.7 Å². The molecule has 2 heterocycles. The molecular weight excluding hydrogens is 401 g/mol. The molecule has 0 saturated heterocycles. The minimum Gasteiger partial charge on any atom is -0.427 e. The van der Waals surface area contributed by atoms with Gasteiger partial charge in [-0.25, -0.2) is 18.5 Å². The molecule has 1 unspecified atom stereocenters. The molecule has 0 saturated carbocycles. The summed E-state index contributed by atoms with van der Waals surface area (Å²) in [5.74, 6) is 0.312. The van der Waals surface area contributed by atoms with E-state index in [9.17, 15) is 27.9 Å². The van der Waals surface area contributed by atoms with Crippen LogP contribution in [0.5, 0.6) is 5.75 Å². The Bertz CT molecular complexity index is 1150. The number of anilines is 1. The molecule has 0 spiro atoms. The number of nitrogens with zero attached hydrogens (tertiary/aromatic N) is 4. The highest BCUT2D eigenvalue weighted by Gasteiger charge is 2.50. The first-order chi connectivity index (χ1) is 13.0. The molecule has 0 fully saturated rings. The predicted octanol–water partition coefficient (Wildman–Crippen LogP) is 0.486. The Morgan fingerprint density at radius 3 is 2.36 bits per heavy atom. The van der Waals surface area contributed by atoms with Crippen LogP contribution in [0.2, 0.25) is 0 Å². The van der Waals surface area contributed by atoms with Gasteiger partial charge in [-0.1, -0.05) is 5.92 Å². The molecule has 1 atom stereocenters. The lowest BCUT2D eigenvalue weighted by atomic mass is 10.1. The molecule has 3 rings (SSSR count). The number of aliphatic hydroxyl groups is 1. The molecule has 1 aliphatic rings. The number of fused-ring (bicyclic) bond motifs is 1. The number of hydrogen-bond acceptors (Lipinski definition) is 6. The lowest BCUT2D eigenvalue weighted by Gasteiger charge is -2.39. The summed E-state index contributed by atoms with van der Waals surface area (Å²) in [7, 11) is 2.57. The van der Waals surface area contributed by atoms with E-state index in [-0.39, 0.29) is 10.5 Å². The predicted molar refractivity (Wildman–Crippen MR) is 94.8 cm³/mol. The van der Waals surface area contributed by atoms with Gasteiger partial charge in [0, 0.05) is 20.2 Å². The van der Waals surface area contributed by atoms with Crippen LogP contribution in [0.3, 0.4) is 0 Å². The molecule has 1 aromatic heterocycles. The van der Waals surface area contributed by atoms with Gasteiger partial charge in [0.15, 0.2) is 16.3 Å². The Morgan fingerprint density at radius 2 is 1.82 bits per heavy atom. The summed E-state index contributed by atoms with van der Waals surface area (Å²) >= 11 is 4.96. The molecular formula is C16H13F3N4O4S. The van der Waals surface area contributed by atoms with Crippen LogP contribution < -0.4 is 21.0 Å². The van der Waals surface area contributed by atoms with Gasteiger partial charge in [0.05, 0.1) is 17.9 Å². The molecule has 0 aliphatic carbocycles. The Balaban J connectivity index is 2.35. The van der Waals surface area contributed by atoms with Crippen molar-refractivity contribution >= 4 is 17.9 Å². The van der Waals surface area contributed by atoms with E-state index in [4.69, 9.17) is 18.6 Å². The van der Waals surface area contributed by atoms with Crippen LogP contribution in [0.1, 0.15) is 0 Å². The molecule has 1 N–H and O–H groups in total. The summed E-state index contributed by atoms with van der Waals surface area (Å²) in [4.78, 5) is 25.7. The fraction of sp³-hybridized carbons (Fsp3) is 0.312. The number of terminal acetylenes is 1. The van der Waals surface area contributed by atoms with E-state index in [1.165, 1.54) is 14.1 Å². The van der Waals surface area contributed by atoms with Crippen molar-refractivity contribution in [3.8, 4) is 23.8 Å². The van der Waals surface area contributed by atoms with E-state index in [1.807, 2.05) is 0 Å². The third-order valence-electron chi connectivity index (χ3n) is 4.21. The quantitative estimate of drug-likeness (QED) is 0.569. The van der Waals surface area contributed by atoms with E-state index in [0.717, 1.165) is 15.2 Å². The maximum atomic E-state index is 14.7. The van der Waals surface area contributed by atoms with E-state index in [0.29, 0.717) is 15.5 Å². The number of aromatic nitrogens is 3. The van der Waals surface area contributed by atoms with Crippen molar-refractivity contribution in [2.45, 2.75) is 12.3 Å². The lowest BCUT2D eigenvalue weighted by molar-refractivity contribution is -0.244. The van der Waals surface area contributed by atoms with Crippen LogP contribution in [0.4, 0.5) is 18.9 Å². The molecule has 0 bridgehead atoms. The summed E-state index contributed by atoms with van der Waals surface area (Å²) in [6, 6.07) is 1.51. The maximum Gasteiger partial charge on any atom is 0.444 e. The summed E-state index contributed by atoms with van der Waals surface area (Å²) in [6.45, 7) is -0.468. The van der Waals surface area contributed by atoms with Crippen LogP contribution in [-0.2, 0) is 14.1 Å². The van der Waals surface area contributed by atoms with Gasteiger partial charge < -0.3 is 14.7 Å². The van der Waals surface area contributed by atoms with Crippen LogP contribution in [0.25, 0.3) is 5.69 Å². The number of aliphatic hydroxyl groups excluding tert-OH is 1. The van der Waals surface area contributed by atoms with Crippen LogP contribution in [0, 0.1) is 22.9 Å². The zero-order chi connectivity index (χ0) is 21.0. The molecule has 0 amide bonds. The molecule has 1 aromatic carbocycles. The minimum atomic E-state index is -4.05. The van der Waals surface area contributed by atoms with Crippen LogP contribution in [0.15, 0.2) is 21.7 Å². The van der Waals surface area contributed by atoms with Crippen molar-refractivity contribution in [3.63, 3.8) is 0 Å². The molecule has 148 valence electrons. The molecule has 0 radical (unpaired) electrons. The van der Waals surface area contributed by atoms with Crippen molar-refractivity contribution in [2.24, 2.45) is 14.1 Å². The number of halogens is 3. The van der Waals surface area contributed by atoms with Crippen molar-refractivity contribution in [1.82, 2.24) is 13.7 Å². The summed E-state index contributed by atoms with van der Waals surface area (Å²) in [5, 5.41) is 9.85. The Kier molecular flexibility index (Phi) is 4.60. The van der Waals surface area contributed by atoms with E-state index < -0.39 is 47.5 Å². The largest absolute Gasteiger partial charge is 0.444 e. The number of alkyl halides is 2. The van der Waals surface area contributed by atoms with Crippen LogP contribution >= 0.6 is 12.2 Å². The first-order valence-corrected chi connectivity index (χ1v) is 8.10. The van der Waals surface area contributed by atoms with Crippen molar-refractivity contribution in [3.05, 3.63) is 43.7 Å². The minimum absolute atomic E-state index is 0.100. The number of ether oxygens (including phenoxy) is 1. The third kappa shape index (κ3) is 2.79. The fourth-order valence-electron chi connectivity index (χ4n) is 2.77. The highest BCUT2D eigenvalue weighted by atomic mass is 32.1. The van der Waals surface area contributed by atoms with Gasteiger partial charge in [-0.2, -0.15) is 8.78 Å². The monoisotopic (exact) mass is 414 g/mol. The second kappa shape index (κ2) is 6.54. The smallest absolute Gasteiger partial charge is 0.427 e. The molecule has 12 heteroatoms. The zero-order valence-corrected chi connectivity index (χ0v) is 15.3. The Labute approximate surface area is 160 Å².